The van der Waals surface area contributed by atoms with Gasteiger partial charge in [0.2, 0.25) is 5.88 Å². The second-order valence-electron chi connectivity index (χ2n) is 3.63. The Labute approximate surface area is 88.2 Å². The van der Waals surface area contributed by atoms with Gasteiger partial charge in [-0.25, -0.2) is 4.98 Å². The minimum Gasteiger partial charge on any atom is -0.476 e. The minimum absolute atomic E-state index is 0.495. The summed E-state index contributed by atoms with van der Waals surface area (Å²) in [5.74, 6) is 1.36. The number of pyridine rings is 1. The van der Waals surface area contributed by atoms with Crippen molar-refractivity contribution in [1.29, 1.82) is 0 Å². The van der Waals surface area contributed by atoms with Crippen molar-refractivity contribution in [2.75, 3.05) is 12.3 Å². The highest BCUT2D eigenvalue weighted by molar-refractivity contribution is 6.30. The van der Waals surface area contributed by atoms with E-state index in [0.717, 1.165) is 12.3 Å². The number of nitrogen functional groups attached to an aromatic ring is 1. The Kier molecular flexibility index (Phi) is 2.77. The molecule has 14 heavy (non-hydrogen) atoms. The molecule has 1 heterocycles. The Morgan fingerprint density at radius 2 is 2.36 bits per heavy atom. The van der Waals surface area contributed by atoms with E-state index < -0.39 is 0 Å². The van der Waals surface area contributed by atoms with E-state index in [2.05, 4.69) is 4.98 Å². The van der Waals surface area contributed by atoms with Gasteiger partial charge < -0.3 is 10.5 Å². The summed E-state index contributed by atoms with van der Waals surface area (Å²) in [6, 6.07) is 1.65. The van der Waals surface area contributed by atoms with Gasteiger partial charge in [-0.2, -0.15) is 0 Å². The third kappa shape index (κ3) is 2.51. The molecule has 2 rings (SSSR count). The normalized spacial score (nSPS) is 15.5. The summed E-state index contributed by atoms with van der Waals surface area (Å²) >= 11 is 5.71. The first kappa shape index (κ1) is 9.59. The molecule has 0 aliphatic heterocycles. The molecule has 76 valence electrons. The highest BCUT2D eigenvalue weighted by Gasteiger charge is 2.20. The number of ether oxygens (including phenoxy) is 1. The van der Waals surface area contributed by atoms with Crippen LogP contribution in [-0.4, -0.2) is 11.6 Å². The maximum atomic E-state index is 5.71. The van der Waals surface area contributed by atoms with Crippen LogP contribution in [0.2, 0.25) is 5.02 Å². The fraction of sp³-hybridized carbons (Fsp3) is 0.500. The van der Waals surface area contributed by atoms with Crippen molar-refractivity contribution in [3.8, 4) is 5.88 Å². The van der Waals surface area contributed by atoms with Gasteiger partial charge in [0.25, 0.3) is 0 Å². The first-order valence-electron chi connectivity index (χ1n) is 4.79. The Balaban J connectivity index is 1.87. The molecule has 1 aromatic heterocycles. The number of aromatic nitrogens is 1. The number of rotatable bonds is 4. The van der Waals surface area contributed by atoms with Crippen LogP contribution in [0.15, 0.2) is 12.3 Å². The number of nitrogens with zero attached hydrogens (tertiary/aromatic N) is 1. The molecule has 0 saturated heterocycles. The summed E-state index contributed by atoms with van der Waals surface area (Å²) in [4.78, 5) is 4.02. The topological polar surface area (TPSA) is 48.1 Å². The molecule has 0 aromatic carbocycles. The second-order valence-corrected chi connectivity index (χ2v) is 4.06. The fourth-order valence-corrected chi connectivity index (χ4v) is 1.46. The third-order valence-corrected chi connectivity index (χ3v) is 2.51. The molecule has 1 saturated carbocycles. The summed E-state index contributed by atoms with van der Waals surface area (Å²) in [5, 5.41) is 0.539. The van der Waals surface area contributed by atoms with E-state index in [1.54, 1.807) is 12.3 Å². The van der Waals surface area contributed by atoms with E-state index in [9.17, 15) is 0 Å². The molecular formula is C10H13ClN2O. The van der Waals surface area contributed by atoms with Crippen molar-refractivity contribution in [3.63, 3.8) is 0 Å². The van der Waals surface area contributed by atoms with E-state index in [-0.39, 0.29) is 0 Å². The summed E-state index contributed by atoms with van der Waals surface area (Å²) in [6.45, 7) is 0.698. The predicted octanol–water partition coefficient (Wildman–Crippen LogP) is 2.50. The van der Waals surface area contributed by atoms with Crippen LogP contribution in [0, 0.1) is 5.92 Å². The van der Waals surface area contributed by atoms with Crippen LogP contribution in [0.3, 0.4) is 0 Å². The van der Waals surface area contributed by atoms with Crippen molar-refractivity contribution in [3.05, 3.63) is 17.3 Å². The summed E-state index contributed by atoms with van der Waals surface area (Å²) in [6.07, 6.45) is 5.33. The molecule has 3 nitrogen and oxygen atoms in total. The molecule has 0 radical (unpaired) electrons. The minimum atomic E-state index is 0.495. The average Bonchev–Trinajstić information content (AvgIpc) is 2.92. The van der Waals surface area contributed by atoms with Gasteiger partial charge in [-0.3, -0.25) is 0 Å². The van der Waals surface area contributed by atoms with Crippen molar-refractivity contribution >= 4 is 17.3 Å². The van der Waals surface area contributed by atoms with Crippen LogP contribution in [0.1, 0.15) is 19.3 Å². The molecule has 1 aromatic rings. The van der Waals surface area contributed by atoms with Crippen molar-refractivity contribution in [1.82, 2.24) is 4.98 Å². The number of hydrogen-bond donors (Lipinski definition) is 1. The zero-order valence-corrected chi connectivity index (χ0v) is 8.63. The second kappa shape index (κ2) is 4.05. The first-order chi connectivity index (χ1) is 6.75. The quantitative estimate of drug-likeness (QED) is 0.834. The van der Waals surface area contributed by atoms with Gasteiger partial charge in [0.05, 0.1) is 17.3 Å². The van der Waals surface area contributed by atoms with Crippen LogP contribution in [0.25, 0.3) is 0 Å². The van der Waals surface area contributed by atoms with Gasteiger partial charge in [0.1, 0.15) is 0 Å². The van der Waals surface area contributed by atoms with Crippen molar-refractivity contribution < 1.29 is 4.74 Å². The number of halogens is 1. The molecule has 0 atom stereocenters. The number of anilines is 1. The Morgan fingerprint density at radius 1 is 1.57 bits per heavy atom. The van der Waals surface area contributed by atoms with E-state index in [1.165, 1.54) is 12.8 Å². The molecule has 1 fully saturated rings. The number of hydrogen-bond acceptors (Lipinski definition) is 3. The molecule has 0 bridgehead atoms. The fourth-order valence-electron chi connectivity index (χ4n) is 1.29. The zero-order chi connectivity index (χ0) is 9.97. The highest BCUT2D eigenvalue weighted by atomic mass is 35.5. The summed E-state index contributed by atoms with van der Waals surface area (Å²) in [5.41, 5.74) is 6.19. The molecule has 1 aliphatic carbocycles. The zero-order valence-electron chi connectivity index (χ0n) is 7.87. The lowest BCUT2D eigenvalue weighted by Gasteiger charge is -2.06. The maximum absolute atomic E-state index is 5.71. The first-order valence-corrected chi connectivity index (χ1v) is 5.17. The van der Waals surface area contributed by atoms with Gasteiger partial charge >= 0.3 is 0 Å². The molecule has 0 spiro atoms. The molecule has 0 unspecified atom stereocenters. The third-order valence-electron chi connectivity index (χ3n) is 2.31. The predicted molar refractivity (Wildman–Crippen MR) is 56.5 cm³/mol. The monoisotopic (exact) mass is 212 g/mol. The van der Waals surface area contributed by atoms with Crippen molar-refractivity contribution in [2.45, 2.75) is 19.3 Å². The van der Waals surface area contributed by atoms with E-state index in [0.29, 0.717) is 23.2 Å². The smallest absolute Gasteiger partial charge is 0.237 e. The van der Waals surface area contributed by atoms with E-state index in [4.69, 9.17) is 22.1 Å². The molecule has 2 N–H and O–H groups in total. The van der Waals surface area contributed by atoms with Crippen LogP contribution < -0.4 is 10.5 Å². The lowest BCUT2D eigenvalue weighted by molar-refractivity contribution is 0.293. The Bertz CT molecular complexity index is 326. The van der Waals surface area contributed by atoms with Gasteiger partial charge in [0.15, 0.2) is 0 Å². The van der Waals surface area contributed by atoms with Crippen LogP contribution >= 0.6 is 11.6 Å². The Hall–Kier alpha value is -0.960. The van der Waals surface area contributed by atoms with Crippen LogP contribution in [-0.2, 0) is 0 Å². The van der Waals surface area contributed by atoms with Crippen molar-refractivity contribution in [2.24, 2.45) is 5.92 Å². The van der Waals surface area contributed by atoms with Gasteiger partial charge in [-0.05, 0) is 18.4 Å². The largest absolute Gasteiger partial charge is 0.476 e. The lowest BCUT2D eigenvalue weighted by atomic mass is 10.3. The standard InChI is InChI=1S/C10H13ClN2O/c11-8-5-9(12)10(13-6-8)14-4-3-7-1-2-7/h5-7H,1-4,12H2. The highest BCUT2D eigenvalue weighted by Crippen LogP contribution is 2.32. The Morgan fingerprint density at radius 3 is 3.00 bits per heavy atom. The van der Waals surface area contributed by atoms with Gasteiger partial charge in [-0.1, -0.05) is 24.4 Å². The van der Waals surface area contributed by atoms with Crippen LogP contribution in [0.5, 0.6) is 5.88 Å². The van der Waals surface area contributed by atoms with E-state index >= 15 is 0 Å². The maximum Gasteiger partial charge on any atom is 0.237 e. The average molecular weight is 213 g/mol. The molecule has 1 aliphatic rings. The summed E-state index contributed by atoms with van der Waals surface area (Å²) < 4.78 is 5.45. The van der Waals surface area contributed by atoms with Crippen LogP contribution in [0.4, 0.5) is 5.69 Å². The lowest BCUT2D eigenvalue weighted by Crippen LogP contribution is -2.02. The molecule has 0 amide bonds. The molecule has 4 heteroatoms. The SMILES string of the molecule is Nc1cc(Cl)cnc1OCCC1CC1. The number of nitrogens with two attached hydrogens (primary N) is 1. The molecular weight excluding hydrogens is 200 g/mol. The van der Waals surface area contributed by atoms with E-state index in [1.807, 2.05) is 0 Å². The summed E-state index contributed by atoms with van der Waals surface area (Å²) in [7, 11) is 0. The van der Waals surface area contributed by atoms with Gasteiger partial charge in [0, 0.05) is 6.20 Å². The van der Waals surface area contributed by atoms with Gasteiger partial charge in [-0.15, -0.1) is 0 Å².